The van der Waals surface area contributed by atoms with E-state index in [0.717, 1.165) is 12.1 Å². The van der Waals surface area contributed by atoms with E-state index in [2.05, 4.69) is 0 Å². The van der Waals surface area contributed by atoms with Gasteiger partial charge in [0.1, 0.15) is 0 Å². The summed E-state index contributed by atoms with van der Waals surface area (Å²) in [5, 5.41) is 4.99. The molecular weight excluding hydrogens is 112 g/mol. The van der Waals surface area contributed by atoms with Gasteiger partial charge in [-0.15, -0.1) is 0 Å². The van der Waals surface area contributed by atoms with E-state index in [1.807, 2.05) is 0 Å². The fraction of sp³-hybridized carbons (Fsp3) is 0.667. The SMILES string of the molecule is CC(=O)N(C)SN. The molecule has 0 rings (SSSR count). The largest absolute Gasteiger partial charge is 0.277 e. The van der Waals surface area contributed by atoms with Crippen LogP contribution in [0.3, 0.4) is 0 Å². The molecule has 0 radical (unpaired) electrons. The van der Waals surface area contributed by atoms with Crippen molar-refractivity contribution in [1.29, 1.82) is 0 Å². The third-order valence-corrected chi connectivity index (χ3v) is 1.17. The highest BCUT2D eigenvalue weighted by molar-refractivity contribution is 7.95. The first-order valence-electron chi connectivity index (χ1n) is 1.79. The van der Waals surface area contributed by atoms with Gasteiger partial charge in [0.05, 0.1) is 0 Å². The Morgan fingerprint density at radius 2 is 2.29 bits per heavy atom. The fourth-order valence-corrected chi connectivity index (χ4v) is 0.223. The predicted octanol–water partition coefficient (Wildman–Crippen LogP) is -0.0134. The molecule has 4 heteroatoms. The molecule has 0 saturated heterocycles. The number of hydrogen-bond acceptors (Lipinski definition) is 3. The molecule has 0 fully saturated rings. The van der Waals surface area contributed by atoms with E-state index < -0.39 is 0 Å². The summed E-state index contributed by atoms with van der Waals surface area (Å²) in [4.78, 5) is 10.2. The quantitative estimate of drug-likeness (QED) is 0.495. The number of nitrogens with zero attached hydrogens (tertiary/aromatic N) is 1. The summed E-state index contributed by atoms with van der Waals surface area (Å²) < 4.78 is 1.35. The minimum absolute atomic E-state index is 0.0347. The Balaban J connectivity index is 3.34. The molecule has 0 saturated carbocycles. The summed E-state index contributed by atoms with van der Waals surface area (Å²) >= 11 is 0.917. The summed E-state index contributed by atoms with van der Waals surface area (Å²) in [5.41, 5.74) is 0. The topological polar surface area (TPSA) is 46.3 Å². The number of rotatable bonds is 1. The van der Waals surface area contributed by atoms with E-state index in [-0.39, 0.29) is 5.91 Å². The van der Waals surface area contributed by atoms with E-state index in [1.165, 1.54) is 11.2 Å². The zero-order chi connectivity index (χ0) is 5.86. The van der Waals surface area contributed by atoms with Gasteiger partial charge in [-0.3, -0.25) is 14.2 Å². The molecule has 42 valence electrons. The Hall–Kier alpha value is -0.220. The first-order chi connectivity index (χ1) is 3.18. The van der Waals surface area contributed by atoms with Gasteiger partial charge in [0.15, 0.2) is 0 Å². The maximum Gasteiger partial charge on any atom is 0.229 e. The molecule has 2 N–H and O–H groups in total. The van der Waals surface area contributed by atoms with Gasteiger partial charge in [0.2, 0.25) is 5.91 Å². The van der Waals surface area contributed by atoms with Crippen molar-refractivity contribution in [2.24, 2.45) is 5.14 Å². The van der Waals surface area contributed by atoms with Crippen LogP contribution in [-0.4, -0.2) is 17.3 Å². The van der Waals surface area contributed by atoms with Crippen LogP contribution in [0.15, 0.2) is 0 Å². The van der Waals surface area contributed by atoms with Crippen LogP contribution in [0.2, 0.25) is 0 Å². The van der Waals surface area contributed by atoms with Crippen molar-refractivity contribution < 1.29 is 4.79 Å². The van der Waals surface area contributed by atoms with E-state index in [1.54, 1.807) is 7.05 Å². The van der Waals surface area contributed by atoms with Crippen LogP contribution < -0.4 is 5.14 Å². The number of nitrogens with two attached hydrogens (primary N) is 1. The molecule has 0 heterocycles. The monoisotopic (exact) mass is 120 g/mol. The Morgan fingerprint density at radius 3 is 2.29 bits per heavy atom. The first kappa shape index (κ1) is 6.78. The standard InChI is InChI=1S/C3H8N2OS/c1-3(6)5(2)7-4/h4H2,1-2H3. The third-order valence-electron chi connectivity index (χ3n) is 0.602. The minimum atomic E-state index is -0.0347. The summed E-state index contributed by atoms with van der Waals surface area (Å²) in [6, 6.07) is 0. The van der Waals surface area contributed by atoms with Crippen molar-refractivity contribution in [2.45, 2.75) is 6.92 Å². The molecule has 0 bridgehead atoms. The van der Waals surface area contributed by atoms with Gasteiger partial charge in [0.25, 0.3) is 0 Å². The summed E-state index contributed by atoms with van der Waals surface area (Å²) in [7, 11) is 1.62. The van der Waals surface area contributed by atoms with E-state index in [4.69, 9.17) is 5.14 Å². The van der Waals surface area contributed by atoms with Crippen molar-refractivity contribution in [3.63, 3.8) is 0 Å². The summed E-state index contributed by atoms with van der Waals surface area (Å²) in [6.45, 7) is 1.46. The molecule has 0 aromatic heterocycles. The lowest BCUT2D eigenvalue weighted by atomic mass is 10.7. The van der Waals surface area contributed by atoms with Crippen LogP contribution in [0, 0.1) is 0 Å². The number of hydrogen-bond donors (Lipinski definition) is 1. The van der Waals surface area contributed by atoms with Crippen LogP contribution in [0.4, 0.5) is 0 Å². The highest BCUT2D eigenvalue weighted by atomic mass is 32.2. The highest BCUT2D eigenvalue weighted by Gasteiger charge is 1.95. The van der Waals surface area contributed by atoms with Gasteiger partial charge < -0.3 is 0 Å². The second-order valence-corrected chi connectivity index (χ2v) is 1.88. The Bertz CT molecular complexity index is 75.3. The van der Waals surface area contributed by atoms with Gasteiger partial charge in [-0.2, -0.15) is 0 Å². The van der Waals surface area contributed by atoms with Crippen LogP contribution >= 0.6 is 12.1 Å². The maximum atomic E-state index is 10.2. The molecule has 0 atom stereocenters. The molecule has 0 unspecified atom stereocenters. The average molecular weight is 120 g/mol. The molecule has 3 nitrogen and oxygen atoms in total. The van der Waals surface area contributed by atoms with Crippen LogP contribution in [0.25, 0.3) is 0 Å². The molecule has 0 spiro atoms. The van der Waals surface area contributed by atoms with Crippen molar-refractivity contribution >= 4 is 18.0 Å². The lowest BCUT2D eigenvalue weighted by Crippen LogP contribution is -2.17. The third kappa shape index (κ3) is 2.47. The number of carbonyl (C=O) groups is 1. The first-order valence-corrected chi connectivity index (χ1v) is 2.63. The van der Waals surface area contributed by atoms with Crippen molar-refractivity contribution in [2.75, 3.05) is 7.05 Å². The van der Waals surface area contributed by atoms with E-state index in [0.29, 0.717) is 0 Å². The average Bonchev–Trinajstić information content (AvgIpc) is 1.65. The molecular formula is C3H8N2OS. The summed E-state index contributed by atoms with van der Waals surface area (Å²) in [6.07, 6.45) is 0. The normalized spacial score (nSPS) is 8.43. The molecule has 0 aromatic rings. The Labute approximate surface area is 47.1 Å². The molecule has 0 aliphatic rings. The summed E-state index contributed by atoms with van der Waals surface area (Å²) in [5.74, 6) is -0.0347. The maximum absolute atomic E-state index is 10.2. The Morgan fingerprint density at radius 1 is 1.86 bits per heavy atom. The molecule has 0 aliphatic carbocycles. The second-order valence-electron chi connectivity index (χ2n) is 1.12. The van der Waals surface area contributed by atoms with E-state index in [9.17, 15) is 4.79 Å². The fourth-order valence-electron chi connectivity index (χ4n) is 0.0742. The predicted molar refractivity (Wildman–Crippen MR) is 30.2 cm³/mol. The van der Waals surface area contributed by atoms with Gasteiger partial charge in [0, 0.05) is 26.1 Å². The highest BCUT2D eigenvalue weighted by Crippen LogP contribution is 1.93. The zero-order valence-electron chi connectivity index (χ0n) is 4.34. The van der Waals surface area contributed by atoms with Gasteiger partial charge in [-0.05, 0) is 0 Å². The smallest absolute Gasteiger partial charge is 0.229 e. The van der Waals surface area contributed by atoms with Crippen molar-refractivity contribution in [3.05, 3.63) is 0 Å². The van der Waals surface area contributed by atoms with Crippen LogP contribution in [-0.2, 0) is 4.79 Å². The lowest BCUT2D eigenvalue weighted by Gasteiger charge is -2.06. The van der Waals surface area contributed by atoms with Crippen molar-refractivity contribution in [3.8, 4) is 0 Å². The van der Waals surface area contributed by atoms with E-state index >= 15 is 0 Å². The van der Waals surface area contributed by atoms with Gasteiger partial charge in [-0.25, -0.2) is 0 Å². The van der Waals surface area contributed by atoms with Crippen LogP contribution in [0.1, 0.15) is 6.92 Å². The molecule has 1 amide bonds. The Kier molecular flexibility index (Phi) is 2.78. The minimum Gasteiger partial charge on any atom is -0.277 e. The molecule has 0 aromatic carbocycles. The zero-order valence-corrected chi connectivity index (χ0v) is 5.16. The number of carbonyl (C=O) groups excluding carboxylic acids is 1. The lowest BCUT2D eigenvalue weighted by molar-refractivity contribution is -0.123. The van der Waals surface area contributed by atoms with Gasteiger partial charge >= 0.3 is 0 Å². The second kappa shape index (κ2) is 2.87. The number of amides is 1. The molecule has 0 aliphatic heterocycles. The van der Waals surface area contributed by atoms with Crippen molar-refractivity contribution in [1.82, 2.24) is 4.31 Å². The van der Waals surface area contributed by atoms with Gasteiger partial charge in [-0.1, -0.05) is 0 Å². The molecule has 7 heavy (non-hydrogen) atoms. The van der Waals surface area contributed by atoms with Crippen LogP contribution in [0.5, 0.6) is 0 Å².